The first-order chi connectivity index (χ1) is 12.5. The van der Waals surface area contributed by atoms with Gasteiger partial charge in [0.15, 0.2) is 5.78 Å². The lowest BCUT2D eigenvalue weighted by Gasteiger charge is -2.14. The molecule has 0 aliphatic heterocycles. The first-order valence-corrected chi connectivity index (χ1v) is 9.29. The summed E-state index contributed by atoms with van der Waals surface area (Å²) in [6, 6.07) is 4.32. The number of ketones is 1. The number of sulfonamides is 1. The highest BCUT2D eigenvalue weighted by molar-refractivity contribution is 7.89. The van der Waals surface area contributed by atoms with Crippen molar-refractivity contribution in [3.8, 4) is 5.75 Å². The predicted molar refractivity (Wildman–Crippen MR) is 97.5 cm³/mol. The third-order valence-electron chi connectivity index (χ3n) is 3.42. The minimum Gasteiger partial charge on any atom is -0.508 e. The summed E-state index contributed by atoms with van der Waals surface area (Å²) in [6.07, 6.45) is 0. The van der Waals surface area contributed by atoms with Gasteiger partial charge in [0.2, 0.25) is 10.0 Å². The van der Waals surface area contributed by atoms with Gasteiger partial charge in [-0.3, -0.25) is 9.59 Å². The van der Waals surface area contributed by atoms with E-state index in [0.717, 1.165) is 6.92 Å². The quantitative estimate of drug-likeness (QED) is 0.246. The van der Waals surface area contributed by atoms with Crippen molar-refractivity contribution in [2.24, 2.45) is 0 Å². The van der Waals surface area contributed by atoms with Crippen molar-refractivity contribution >= 4 is 27.5 Å². The number of ether oxygens (including phenoxy) is 2. The normalized spacial score (nSPS) is 13.3. The lowest BCUT2D eigenvalue weighted by atomic mass is 10.1. The van der Waals surface area contributed by atoms with Crippen molar-refractivity contribution in [3.63, 3.8) is 0 Å². The molecule has 0 saturated heterocycles. The summed E-state index contributed by atoms with van der Waals surface area (Å²) in [5.74, 6) is -1.60. The zero-order valence-electron chi connectivity index (χ0n) is 15.4. The maximum Gasteiger partial charge on any atom is 0.324 e. The Bertz CT molecular complexity index is 842. The van der Waals surface area contributed by atoms with Crippen LogP contribution < -0.4 is 9.46 Å². The molecule has 0 heterocycles. The molecule has 0 aliphatic carbocycles. The number of methoxy groups -OCH3 is 1. The number of hydrogen-bond donors (Lipinski definition) is 3. The fourth-order valence-corrected chi connectivity index (χ4v) is 3.32. The van der Waals surface area contributed by atoms with Crippen LogP contribution in [0.2, 0.25) is 0 Å². The Morgan fingerprint density at radius 3 is 2.22 bits per heavy atom. The summed E-state index contributed by atoms with van der Waals surface area (Å²) in [4.78, 5) is 23.3. The Labute approximate surface area is 157 Å². The molecule has 0 fully saturated rings. The van der Waals surface area contributed by atoms with Crippen molar-refractivity contribution in [2.45, 2.75) is 31.7 Å². The van der Waals surface area contributed by atoms with Crippen LogP contribution in [0, 0.1) is 5.41 Å². The molecule has 1 rings (SSSR count). The van der Waals surface area contributed by atoms with E-state index in [1.807, 2.05) is 0 Å². The number of hydrogen-bond acceptors (Lipinski definition) is 8. The van der Waals surface area contributed by atoms with Crippen LogP contribution in [0.3, 0.4) is 0 Å². The summed E-state index contributed by atoms with van der Waals surface area (Å²) < 4.78 is 36.5. The molecule has 0 bridgehead atoms. The van der Waals surface area contributed by atoms with Crippen molar-refractivity contribution < 1.29 is 32.6 Å². The molecule has 148 valence electrons. The van der Waals surface area contributed by atoms with Gasteiger partial charge in [-0.05, 0) is 45.0 Å². The average Bonchev–Trinajstić information content (AvgIpc) is 2.58. The van der Waals surface area contributed by atoms with Crippen LogP contribution in [-0.2, 0) is 24.3 Å². The number of carbonyl (C=O) groups is 2. The van der Waals surface area contributed by atoms with E-state index in [4.69, 9.17) is 14.9 Å². The zero-order valence-corrected chi connectivity index (χ0v) is 16.2. The van der Waals surface area contributed by atoms with Crippen LogP contribution >= 0.6 is 0 Å². The number of rotatable bonds is 9. The van der Waals surface area contributed by atoms with Crippen LogP contribution in [0.5, 0.6) is 5.75 Å². The molecule has 9 nitrogen and oxygen atoms in total. The van der Waals surface area contributed by atoms with Crippen molar-refractivity contribution in [2.75, 3.05) is 13.7 Å². The third-order valence-corrected chi connectivity index (χ3v) is 4.98. The van der Waals surface area contributed by atoms with Gasteiger partial charge in [-0.2, -0.15) is 4.72 Å². The number of allylic oxidation sites excluding steroid dienone is 1. The Morgan fingerprint density at radius 1 is 1.22 bits per heavy atom. The van der Waals surface area contributed by atoms with Gasteiger partial charge < -0.3 is 20.0 Å². The highest BCUT2D eigenvalue weighted by Crippen LogP contribution is 2.16. The topological polar surface area (TPSA) is 143 Å². The minimum atomic E-state index is -3.98. The van der Waals surface area contributed by atoms with Gasteiger partial charge in [-0.25, -0.2) is 8.42 Å². The van der Waals surface area contributed by atoms with E-state index in [1.165, 1.54) is 45.2 Å². The maximum absolute atomic E-state index is 12.3. The molecular weight excluding hydrogens is 376 g/mol. The Morgan fingerprint density at radius 2 is 1.78 bits per heavy atom. The van der Waals surface area contributed by atoms with Crippen LogP contribution in [-0.4, -0.2) is 50.7 Å². The van der Waals surface area contributed by atoms with Crippen LogP contribution in [0.1, 0.15) is 20.8 Å². The highest BCUT2D eigenvalue weighted by Gasteiger charge is 2.24. The largest absolute Gasteiger partial charge is 0.508 e. The van der Waals surface area contributed by atoms with Gasteiger partial charge in [-0.1, -0.05) is 0 Å². The van der Waals surface area contributed by atoms with Crippen LogP contribution in [0.4, 0.5) is 0 Å². The minimum absolute atomic E-state index is 0.0658. The lowest BCUT2D eigenvalue weighted by molar-refractivity contribution is -0.145. The van der Waals surface area contributed by atoms with E-state index < -0.39 is 40.2 Å². The Hall–Kier alpha value is -2.72. The number of Topliss-reactive ketones (excluding diaryl/α,β-unsaturated/α-hetero) is 1. The fourth-order valence-electron chi connectivity index (χ4n) is 2.12. The number of carbonyl (C=O) groups excluding carboxylic acids is 2. The first kappa shape index (κ1) is 22.3. The number of nitrogens with one attached hydrogen (secondary N) is 2. The highest BCUT2D eigenvalue weighted by atomic mass is 32.2. The monoisotopic (exact) mass is 398 g/mol. The molecule has 3 N–H and O–H groups in total. The van der Waals surface area contributed by atoms with E-state index in [1.54, 1.807) is 0 Å². The summed E-state index contributed by atoms with van der Waals surface area (Å²) in [5, 5.41) is 17.3. The van der Waals surface area contributed by atoms with E-state index in [2.05, 4.69) is 4.72 Å². The molecule has 0 aromatic heterocycles. The smallest absolute Gasteiger partial charge is 0.324 e. The van der Waals surface area contributed by atoms with Gasteiger partial charge >= 0.3 is 5.97 Å². The average molecular weight is 398 g/mol. The molecule has 0 amide bonds. The number of esters is 1. The van der Waals surface area contributed by atoms with Gasteiger partial charge in [0, 0.05) is 5.71 Å². The zero-order chi connectivity index (χ0) is 20.8. The Kier molecular flexibility index (Phi) is 7.68. The second-order valence-electron chi connectivity index (χ2n) is 5.63. The summed E-state index contributed by atoms with van der Waals surface area (Å²) >= 11 is 0. The molecule has 10 heteroatoms. The molecule has 0 spiro atoms. The van der Waals surface area contributed by atoms with Gasteiger partial charge in [0.1, 0.15) is 24.2 Å². The van der Waals surface area contributed by atoms with Gasteiger partial charge in [0.05, 0.1) is 17.6 Å². The maximum atomic E-state index is 12.3. The molecule has 0 saturated carbocycles. The number of aliphatic hydroxyl groups is 1. The number of aliphatic hydroxyl groups excluding tert-OH is 1. The van der Waals surface area contributed by atoms with E-state index in [-0.39, 0.29) is 16.2 Å². The molecular formula is C17H22N2O7S. The lowest BCUT2D eigenvalue weighted by Crippen LogP contribution is -2.39. The number of benzene rings is 1. The summed E-state index contributed by atoms with van der Waals surface area (Å²) in [7, 11) is -2.53. The summed E-state index contributed by atoms with van der Waals surface area (Å²) in [6.45, 7) is 3.09. The molecule has 1 atom stereocenters. The fraction of sp³-hybridized carbons (Fsp3) is 0.353. The van der Waals surface area contributed by atoms with Crippen LogP contribution in [0.15, 0.2) is 40.5 Å². The second kappa shape index (κ2) is 9.28. The Balaban J connectivity index is 2.80. The van der Waals surface area contributed by atoms with Crippen molar-refractivity contribution in [1.29, 1.82) is 5.41 Å². The van der Waals surface area contributed by atoms with Gasteiger partial charge in [-0.15, -0.1) is 0 Å². The third kappa shape index (κ3) is 6.19. The van der Waals surface area contributed by atoms with Gasteiger partial charge in [0.25, 0.3) is 0 Å². The first-order valence-electron chi connectivity index (χ1n) is 7.81. The molecule has 1 aromatic rings. The van der Waals surface area contributed by atoms with E-state index >= 15 is 0 Å². The van der Waals surface area contributed by atoms with Crippen molar-refractivity contribution in [1.82, 2.24) is 4.72 Å². The van der Waals surface area contributed by atoms with Crippen molar-refractivity contribution in [3.05, 3.63) is 35.6 Å². The van der Waals surface area contributed by atoms with Crippen LogP contribution in [0.25, 0.3) is 0 Å². The summed E-state index contributed by atoms with van der Waals surface area (Å²) in [5.41, 5.74) is -0.432. The second-order valence-corrected chi connectivity index (χ2v) is 7.34. The van der Waals surface area contributed by atoms with E-state index in [0.29, 0.717) is 5.75 Å². The molecule has 0 unspecified atom stereocenters. The molecule has 1 aromatic carbocycles. The molecule has 0 aliphatic rings. The standard InChI is InChI=1S/C17H22N2O7S/c1-10(18)16(12(3)20)15(21)9-26-17(22)11(2)19-27(23,24)14-7-5-13(25-4)6-8-14/h5-8,11,18-19,21H,9H2,1-4H3/b16-15-,18-10?/t11-/m0/s1. The predicted octanol–water partition coefficient (Wildman–Crippen LogP) is 1.35. The SMILES string of the molecule is COc1ccc(S(=O)(=O)N[C@@H](C)C(=O)OC/C(O)=C(\C(C)=N)C(C)=O)cc1. The van der Waals surface area contributed by atoms with E-state index in [9.17, 15) is 23.1 Å². The molecule has 0 radical (unpaired) electrons. The molecule has 27 heavy (non-hydrogen) atoms.